The van der Waals surface area contributed by atoms with Gasteiger partial charge < -0.3 is 55.0 Å². The number of β-amino-alcohol motifs (C(OH)–C–C–N with tert-alkyl or cyclic N) is 1. The van der Waals surface area contributed by atoms with Gasteiger partial charge in [0.2, 0.25) is 17.7 Å². The summed E-state index contributed by atoms with van der Waals surface area (Å²) in [5, 5.41) is 24.5. The molecule has 3 aromatic heterocycles. The second-order valence-corrected chi connectivity index (χ2v) is 23.5. The molecule has 2 fully saturated rings. The van der Waals surface area contributed by atoms with Crippen LogP contribution in [0.15, 0.2) is 96.6 Å². The Hall–Kier alpha value is -6.32. The minimum Gasteiger partial charge on any atom is -0.457 e. The third-order valence-corrected chi connectivity index (χ3v) is 16.2. The molecule has 3 aromatic carbocycles. The molecule has 0 spiro atoms. The topological polar surface area (TPSA) is 218 Å². The lowest BCUT2D eigenvalue weighted by atomic mass is 9.85. The van der Waals surface area contributed by atoms with Gasteiger partial charge >= 0.3 is 0 Å². The van der Waals surface area contributed by atoms with Crippen LogP contribution in [-0.4, -0.2) is 150 Å². The zero-order chi connectivity index (χ0) is 57.7. The van der Waals surface area contributed by atoms with Gasteiger partial charge in [0.15, 0.2) is 5.65 Å². The predicted octanol–water partition coefficient (Wildman–Crippen LogP) is 9.54. The van der Waals surface area contributed by atoms with E-state index in [9.17, 15) is 19.5 Å². The van der Waals surface area contributed by atoms with Crippen molar-refractivity contribution in [3.8, 4) is 33.2 Å². The molecule has 0 aliphatic carbocycles. The van der Waals surface area contributed by atoms with Crippen molar-refractivity contribution in [1.29, 1.82) is 0 Å². The van der Waals surface area contributed by atoms with E-state index in [1.165, 1.54) is 34.5 Å². The largest absolute Gasteiger partial charge is 0.457 e. The number of nitrogens with zero attached hydrogens (tertiary/aromatic N) is 6. The maximum absolute atomic E-state index is 14.0. The first-order valence-electron chi connectivity index (χ1n) is 29.4. The zero-order valence-electron chi connectivity index (χ0n) is 48.4. The summed E-state index contributed by atoms with van der Waals surface area (Å²) in [6.07, 6.45) is 9.84. The molecule has 5 heterocycles. The number of likely N-dealkylation sites (tertiary alicyclic amines) is 2. The Kier molecular flexibility index (Phi) is 23.6. The average molecular weight is 1140 g/mol. The molecule has 442 valence electrons. The molecule has 0 radical (unpaired) electrons. The fraction of sp³-hybridized carbons (Fsp3) is 0.524. The van der Waals surface area contributed by atoms with Crippen LogP contribution >= 0.6 is 11.3 Å². The second-order valence-electron chi connectivity index (χ2n) is 22.5. The van der Waals surface area contributed by atoms with Gasteiger partial charge in [-0.05, 0) is 122 Å². The van der Waals surface area contributed by atoms with Crippen molar-refractivity contribution in [2.24, 2.45) is 5.41 Å². The second kappa shape index (κ2) is 31.4. The van der Waals surface area contributed by atoms with Crippen molar-refractivity contribution < 1.29 is 43.2 Å². The number of para-hydroxylation sites is 1. The number of anilines is 1. The van der Waals surface area contributed by atoms with Gasteiger partial charge in [0.1, 0.15) is 41.4 Å². The third-order valence-electron chi connectivity index (χ3n) is 15.2. The van der Waals surface area contributed by atoms with E-state index in [0.29, 0.717) is 65.0 Å². The molecule has 0 saturated carbocycles. The van der Waals surface area contributed by atoms with Gasteiger partial charge in [-0.3, -0.25) is 14.4 Å². The Morgan fingerprint density at radius 1 is 0.756 bits per heavy atom. The van der Waals surface area contributed by atoms with Crippen LogP contribution in [0.2, 0.25) is 0 Å². The van der Waals surface area contributed by atoms with E-state index < -0.39 is 23.6 Å². The number of aliphatic hydroxyl groups is 1. The summed E-state index contributed by atoms with van der Waals surface area (Å²) in [6, 6.07) is 26.4. The van der Waals surface area contributed by atoms with Crippen LogP contribution in [0.25, 0.3) is 32.7 Å². The molecular formula is C63H85N9O9S. The molecule has 0 unspecified atom stereocenters. The maximum Gasteiger partial charge on any atom is 0.246 e. The Bertz CT molecular complexity index is 2910. The van der Waals surface area contributed by atoms with Gasteiger partial charge in [-0.2, -0.15) is 5.10 Å². The Balaban J connectivity index is 0.597. The number of unbranched alkanes of at least 4 members (excludes halogenated alkanes) is 5. The van der Waals surface area contributed by atoms with E-state index in [1.807, 2.05) is 99.6 Å². The van der Waals surface area contributed by atoms with Crippen LogP contribution in [0.5, 0.6) is 11.5 Å². The van der Waals surface area contributed by atoms with E-state index in [-0.39, 0.29) is 43.1 Å². The first kappa shape index (κ1) is 61.7. The normalized spacial score (nSPS) is 16.4. The van der Waals surface area contributed by atoms with Crippen molar-refractivity contribution in [2.45, 2.75) is 129 Å². The van der Waals surface area contributed by atoms with Crippen molar-refractivity contribution in [2.75, 3.05) is 84.8 Å². The first-order valence-corrected chi connectivity index (χ1v) is 30.2. The number of aromatic nitrogens is 4. The number of thiophene rings is 1. The van der Waals surface area contributed by atoms with Crippen molar-refractivity contribution in [3.05, 3.63) is 108 Å². The van der Waals surface area contributed by atoms with E-state index in [1.54, 1.807) is 11.3 Å². The molecule has 6 aromatic rings. The van der Waals surface area contributed by atoms with E-state index in [4.69, 9.17) is 34.5 Å². The highest BCUT2D eigenvalue weighted by Gasteiger charge is 2.44. The summed E-state index contributed by atoms with van der Waals surface area (Å²) >= 11 is 1.69. The van der Waals surface area contributed by atoms with Crippen molar-refractivity contribution in [1.82, 2.24) is 40.2 Å². The fourth-order valence-corrected chi connectivity index (χ4v) is 11.5. The van der Waals surface area contributed by atoms with E-state index in [2.05, 4.69) is 48.6 Å². The fourth-order valence-electron chi connectivity index (χ4n) is 10.6. The molecule has 3 atom stereocenters. The molecule has 3 amide bonds. The summed E-state index contributed by atoms with van der Waals surface area (Å²) in [6.45, 7) is 15.5. The number of rotatable bonds is 32. The Morgan fingerprint density at radius 3 is 2.02 bits per heavy atom. The number of ether oxygens (including phenoxy) is 5. The van der Waals surface area contributed by atoms with Crippen LogP contribution < -0.4 is 21.1 Å². The van der Waals surface area contributed by atoms with Gasteiger partial charge in [-0.25, -0.2) is 14.6 Å². The summed E-state index contributed by atoms with van der Waals surface area (Å²) < 4.78 is 31.0. The highest BCUT2D eigenvalue weighted by Crippen LogP contribution is 2.36. The van der Waals surface area contributed by atoms with E-state index >= 15 is 0 Å². The molecule has 82 heavy (non-hydrogen) atoms. The maximum atomic E-state index is 14.0. The predicted molar refractivity (Wildman–Crippen MR) is 320 cm³/mol. The van der Waals surface area contributed by atoms with Crippen LogP contribution in [0.3, 0.4) is 0 Å². The van der Waals surface area contributed by atoms with Crippen LogP contribution in [0, 0.1) is 12.3 Å². The molecule has 2 aliphatic rings. The lowest BCUT2D eigenvalue weighted by Gasteiger charge is -2.35. The van der Waals surface area contributed by atoms with Crippen LogP contribution in [-0.2, 0) is 39.9 Å². The lowest BCUT2D eigenvalue weighted by molar-refractivity contribution is -0.144. The van der Waals surface area contributed by atoms with Crippen LogP contribution in [0.1, 0.15) is 109 Å². The zero-order valence-corrected chi connectivity index (χ0v) is 49.2. The number of nitrogens with two attached hydrogens (primary N) is 1. The van der Waals surface area contributed by atoms with Crippen molar-refractivity contribution in [3.63, 3.8) is 0 Å². The molecule has 5 N–H and O–H groups in total. The number of aliphatic hydroxyl groups excluding tert-OH is 1. The van der Waals surface area contributed by atoms with Gasteiger partial charge in [-0.1, -0.05) is 82.5 Å². The summed E-state index contributed by atoms with van der Waals surface area (Å²) in [4.78, 5) is 54.8. The monoisotopic (exact) mass is 1140 g/mol. The number of piperidine rings is 1. The number of benzene rings is 3. The standard InChI is InChI=1S/C63H85N9O9S/c1-45-28-40-82-57(45)48-20-18-46(19-21-48)42-65-61(75)53-41-50(73)43-71(53)62(76)58(63(2,3)4)68-54(74)17-11-8-14-33-78-35-37-80-39-38-79-36-34-77-32-13-6-5-12-29-70-30-26-49(27-31-70)72-60-55(59(64)66-44-67-60)56(69-72)47-22-24-52(25-23-47)81-51-15-9-7-10-16-51/h7,9-10,15-16,18-25,28,40,44,49-50,53,58,73H,5-6,8,11-14,17,26-27,29-39,41-43H2,1-4H3,(H,65,75)(H,68,74)(H2,64,66,67)/t50-,53+,58-/m1/s1. The molecule has 2 aliphatic heterocycles. The third kappa shape index (κ3) is 18.1. The Labute approximate surface area is 487 Å². The van der Waals surface area contributed by atoms with Gasteiger partial charge in [0, 0.05) is 62.7 Å². The first-order chi connectivity index (χ1) is 39.8. The highest BCUT2D eigenvalue weighted by molar-refractivity contribution is 7.13. The van der Waals surface area contributed by atoms with Crippen molar-refractivity contribution >= 4 is 45.9 Å². The number of hydrogen-bond donors (Lipinski definition) is 4. The molecule has 18 nitrogen and oxygen atoms in total. The molecule has 0 bridgehead atoms. The number of aryl methyl sites for hydroxylation is 1. The summed E-state index contributed by atoms with van der Waals surface area (Å²) in [5.74, 6) is 1.05. The average Bonchev–Trinajstić information content (AvgIpc) is 3.76. The highest BCUT2D eigenvalue weighted by atomic mass is 32.1. The molecule has 2 saturated heterocycles. The minimum atomic E-state index is -0.860. The van der Waals surface area contributed by atoms with E-state index in [0.717, 1.165) is 110 Å². The quantitative estimate of drug-likeness (QED) is 0.0289. The number of carbonyl (C=O) groups excluding carboxylic acids is 3. The summed E-state index contributed by atoms with van der Waals surface area (Å²) in [5.41, 5.74) is 11.6. The molecule has 19 heteroatoms. The molecular weight excluding hydrogens is 1060 g/mol. The number of hydrogen-bond acceptors (Lipinski definition) is 15. The van der Waals surface area contributed by atoms with Gasteiger partial charge in [0.05, 0.1) is 57.2 Å². The number of nitrogens with one attached hydrogen (secondary N) is 2. The number of fused-ring (bicyclic) bond motifs is 1. The smallest absolute Gasteiger partial charge is 0.246 e. The van der Waals surface area contributed by atoms with Crippen LogP contribution in [0.4, 0.5) is 5.82 Å². The van der Waals surface area contributed by atoms with Gasteiger partial charge in [-0.15, -0.1) is 11.3 Å². The lowest BCUT2D eigenvalue weighted by Crippen LogP contribution is -2.57. The number of nitrogen functional groups attached to an aromatic ring is 1. The number of amides is 3. The van der Waals surface area contributed by atoms with Gasteiger partial charge in [0.25, 0.3) is 0 Å². The number of carbonyl (C=O) groups is 3. The SMILES string of the molecule is Cc1ccsc1-c1ccc(CNC(=O)[C@@H]2C[C@@H](O)CN2C(=O)[C@@H](NC(=O)CCCCCOCCOCCOCCOCCCCCCN2CCC(n3nc(-c4ccc(Oc5ccccc5)cc4)c4c(N)ncnc43)CC2)C(C)(C)C)cc1. The molecule has 8 rings (SSSR count). The summed E-state index contributed by atoms with van der Waals surface area (Å²) in [7, 11) is 0. The Morgan fingerprint density at radius 2 is 1.38 bits per heavy atom. The minimum absolute atomic E-state index is 0.0318.